The van der Waals surface area contributed by atoms with Crippen LogP contribution in [0.4, 0.5) is 0 Å². The van der Waals surface area contributed by atoms with Crippen LogP contribution in [-0.4, -0.2) is 40.3 Å². The van der Waals surface area contributed by atoms with Crippen molar-refractivity contribution in [2.24, 2.45) is 0 Å². The predicted molar refractivity (Wildman–Crippen MR) is 93.5 cm³/mol. The molecule has 0 saturated carbocycles. The number of piperidine rings is 1. The Bertz CT molecular complexity index is 775. The zero-order valence-corrected chi connectivity index (χ0v) is 14.6. The number of carbonyl (C=O) groups is 1. The monoisotopic (exact) mass is 340 g/mol. The maximum absolute atomic E-state index is 12.9. The lowest BCUT2D eigenvalue weighted by molar-refractivity contribution is 0.0364. The van der Waals surface area contributed by atoms with E-state index in [1.54, 1.807) is 0 Å². The summed E-state index contributed by atoms with van der Waals surface area (Å²) in [6.07, 6.45) is 5.14. The number of nitrogens with zero attached hydrogens (tertiary/aromatic N) is 2. The maximum Gasteiger partial charge on any atom is 0.259 e. The summed E-state index contributed by atoms with van der Waals surface area (Å²) in [7, 11) is 0. The van der Waals surface area contributed by atoms with Crippen molar-refractivity contribution in [2.75, 3.05) is 13.1 Å². The van der Waals surface area contributed by atoms with Gasteiger partial charge in [0, 0.05) is 24.9 Å². The van der Waals surface area contributed by atoms with E-state index in [1.807, 2.05) is 17.0 Å². The highest BCUT2D eigenvalue weighted by Crippen LogP contribution is 2.46. The number of hydrogen-bond acceptors (Lipinski definition) is 4. The standard InChI is InChI=1S/C20H24N2O3/c1-2-5-17-15(13-21-25-17)19(24)22-10-8-20(9-11-22)16-7-4-3-6-14(16)12-18(20)23/h3-4,6-7,13,18,23H,2,5,8-12H2,1H3. The third-order valence-corrected chi connectivity index (χ3v) is 5.90. The minimum absolute atomic E-state index is 0.000298. The minimum Gasteiger partial charge on any atom is -0.392 e. The second-order valence-electron chi connectivity index (χ2n) is 7.24. The van der Waals surface area contributed by atoms with Gasteiger partial charge in [0.1, 0.15) is 11.3 Å². The van der Waals surface area contributed by atoms with Crippen LogP contribution < -0.4 is 0 Å². The number of aliphatic hydroxyl groups excluding tert-OH is 1. The Morgan fingerprint density at radius 2 is 2.12 bits per heavy atom. The first-order valence-corrected chi connectivity index (χ1v) is 9.15. The fraction of sp³-hybridized carbons (Fsp3) is 0.500. The van der Waals surface area contributed by atoms with Crippen LogP contribution in [-0.2, 0) is 18.3 Å². The topological polar surface area (TPSA) is 66.6 Å². The Hall–Kier alpha value is -2.14. The van der Waals surface area contributed by atoms with Crippen molar-refractivity contribution >= 4 is 5.91 Å². The molecule has 1 fully saturated rings. The first-order valence-electron chi connectivity index (χ1n) is 9.15. The van der Waals surface area contributed by atoms with Gasteiger partial charge in [0.15, 0.2) is 0 Å². The number of aliphatic hydroxyl groups is 1. The van der Waals surface area contributed by atoms with Crippen LogP contribution in [0, 0.1) is 0 Å². The molecule has 1 amide bonds. The van der Waals surface area contributed by atoms with E-state index in [4.69, 9.17) is 4.52 Å². The highest BCUT2D eigenvalue weighted by Gasteiger charge is 2.48. The average molecular weight is 340 g/mol. The molecule has 1 aromatic heterocycles. The van der Waals surface area contributed by atoms with E-state index in [0.717, 1.165) is 32.1 Å². The number of amides is 1. The summed E-state index contributed by atoms with van der Waals surface area (Å²) in [6, 6.07) is 8.33. The summed E-state index contributed by atoms with van der Waals surface area (Å²) in [5.41, 5.74) is 2.91. The fourth-order valence-corrected chi connectivity index (χ4v) is 4.49. The fourth-order valence-electron chi connectivity index (χ4n) is 4.49. The summed E-state index contributed by atoms with van der Waals surface area (Å²) >= 11 is 0. The van der Waals surface area contributed by atoms with Crippen molar-refractivity contribution in [3.8, 4) is 0 Å². The molecule has 2 aliphatic rings. The Balaban J connectivity index is 1.52. The lowest BCUT2D eigenvalue weighted by Gasteiger charge is -2.42. The molecule has 4 rings (SSSR count). The molecule has 2 aromatic rings. The number of rotatable bonds is 3. The molecule has 0 bridgehead atoms. The Labute approximate surface area is 147 Å². The molecular formula is C20H24N2O3. The average Bonchev–Trinajstić information content (AvgIpc) is 3.19. The molecule has 1 spiro atoms. The van der Waals surface area contributed by atoms with Gasteiger partial charge in [-0.15, -0.1) is 0 Å². The number of carbonyl (C=O) groups excluding carboxylic acids is 1. The summed E-state index contributed by atoms with van der Waals surface area (Å²) in [5, 5.41) is 14.5. The Morgan fingerprint density at radius 3 is 2.88 bits per heavy atom. The van der Waals surface area contributed by atoms with Crippen LogP contribution in [0.15, 0.2) is 35.0 Å². The molecule has 1 atom stereocenters. The quantitative estimate of drug-likeness (QED) is 0.933. The summed E-state index contributed by atoms with van der Waals surface area (Å²) < 4.78 is 5.24. The SMILES string of the molecule is CCCc1oncc1C(=O)N1CCC2(CC1)c1ccccc1CC2O. The van der Waals surface area contributed by atoms with E-state index in [0.29, 0.717) is 24.4 Å². The van der Waals surface area contributed by atoms with E-state index in [2.05, 4.69) is 24.2 Å². The number of aromatic nitrogens is 1. The first kappa shape index (κ1) is 16.3. The first-order chi connectivity index (χ1) is 12.2. The molecule has 0 radical (unpaired) electrons. The number of fused-ring (bicyclic) bond motifs is 2. The van der Waals surface area contributed by atoms with Gasteiger partial charge in [0.25, 0.3) is 5.91 Å². The number of likely N-dealkylation sites (tertiary alicyclic amines) is 1. The second-order valence-corrected chi connectivity index (χ2v) is 7.24. The molecule has 1 N–H and O–H groups in total. The third kappa shape index (κ3) is 2.58. The maximum atomic E-state index is 12.9. The van der Waals surface area contributed by atoms with Crippen LogP contribution >= 0.6 is 0 Å². The van der Waals surface area contributed by atoms with Crippen molar-refractivity contribution in [2.45, 2.75) is 50.5 Å². The summed E-state index contributed by atoms with van der Waals surface area (Å²) in [4.78, 5) is 14.7. The van der Waals surface area contributed by atoms with Crippen molar-refractivity contribution in [3.05, 3.63) is 52.9 Å². The van der Waals surface area contributed by atoms with Gasteiger partial charge in [-0.3, -0.25) is 4.79 Å². The highest BCUT2D eigenvalue weighted by molar-refractivity contribution is 5.95. The lowest BCUT2D eigenvalue weighted by atomic mass is 9.72. The minimum atomic E-state index is -0.353. The van der Waals surface area contributed by atoms with Crippen molar-refractivity contribution in [1.29, 1.82) is 0 Å². The van der Waals surface area contributed by atoms with Crippen LogP contribution in [0.3, 0.4) is 0 Å². The molecule has 25 heavy (non-hydrogen) atoms. The van der Waals surface area contributed by atoms with E-state index in [-0.39, 0.29) is 17.4 Å². The molecule has 1 saturated heterocycles. The molecular weight excluding hydrogens is 316 g/mol. The smallest absolute Gasteiger partial charge is 0.259 e. The van der Waals surface area contributed by atoms with Crippen LogP contribution in [0.5, 0.6) is 0 Å². The van der Waals surface area contributed by atoms with Crippen molar-refractivity contribution in [1.82, 2.24) is 10.1 Å². The van der Waals surface area contributed by atoms with Crippen LogP contribution in [0.25, 0.3) is 0 Å². The second kappa shape index (κ2) is 6.30. The molecule has 1 aliphatic carbocycles. The predicted octanol–water partition coefficient (Wildman–Crippen LogP) is 2.72. The third-order valence-electron chi connectivity index (χ3n) is 5.90. The van der Waals surface area contributed by atoms with E-state index < -0.39 is 0 Å². The van der Waals surface area contributed by atoms with Gasteiger partial charge < -0.3 is 14.5 Å². The Kier molecular flexibility index (Phi) is 4.12. The van der Waals surface area contributed by atoms with E-state index in [1.165, 1.54) is 17.3 Å². The number of benzene rings is 1. The zero-order valence-electron chi connectivity index (χ0n) is 14.6. The van der Waals surface area contributed by atoms with Crippen LogP contribution in [0.1, 0.15) is 53.4 Å². The van der Waals surface area contributed by atoms with Gasteiger partial charge in [0.05, 0.1) is 12.3 Å². The van der Waals surface area contributed by atoms with Gasteiger partial charge in [-0.1, -0.05) is 36.3 Å². The van der Waals surface area contributed by atoms with Crippen molar-refractivity contribution in [3.63, 3.8) is 0 Å². The van der Waals surface area contributed by atoms with Gasteiger partial charge >= 0.3 is 0 Å². The van der Waals surface area contributed by atoms with Gasteiger partial charge in [-0.25, -0.2) is 0 Å². The molecule has 5 nitrogen and oxygen atoms in total. The van der Waals surface area contributed by atoms with Crippen molar-refractivity contribution < 1.29 is 14.4 Å². The molecule has 1 aliphatic heterocycles. The van der Waals surface area contributed by atoms with Crippen LogP contribution in [0.2, 0.25) is 0 Å². The number of hydrogen-bond donors (Lipinski definition) is 1. The van der Waals surface area contributed by atoms with E-state index >= 15 is 0 Å². The zero-order chi connectivity index (χ0) is 17.4. The van der Waals surface area contributed by atoms with Gasteiger partial charge in [-0.05, 0) is 36.8 Å². The molecule has 1 aromatic carbocycles. The highest BCUT2D eigenvalue weighted by atomic mass is 16.5. The largest absolute Gasteiger partial charge is 0.392 e. The molecule has 132 valence electrons. The Morgan fingerprint density at radius 1 is 1.36 bits per heavy atom. The number of aryl methyl sites for hydroxylation is 1. The lowest BCUT2D eigenvalue weighted by Crippen LogP contribution is -2.49. The van der Waals surface area contributed by atoms with Gasteiger partial charge in [-0.2, -0.15) is 0 Å². The molecule has 1 unspecified atom stereocenters. The van der Waals surface area contributed by atoms with Gasteiger partial charge in [0.2, 0.25) is 0 Å². The summed E-state index contributed by atoms with van der Waals surface area (Å²) in [6.45, 7) is 3.36. The normalized spacial score (nSPS) is 21.5. The van der Waals surface area contributed by atoms with E-state index in [9.17, 15) is 9.90 Å². The molecule has 2 heterocycles. The summed E-state index contributed by atoms with van der Waals surface area (Å²) in [5.74, 6) is 0.680. The molecule has 5 heteroatoms.